The van der Waals surface area contributed by atoms with E-state index in [4.69, 9.17) is 10.6 Å². The molecule has 1 aromatic rings. The van der Waals surface area contributed by atoms with Crippen LogP contribution in [0.15, 0.2) is 29.3 Å². The van der Waals surface area contributed by atoms with E-state index in [9.17, 15) is 0 Å². The predicted octanol–water partition coefficient (Wildman–Crippen LogP) is 1.34. The first-order valence-corrected chi connectivity index (χ1v) is 5.22. The zero-order valence-electron chi connectivity index (χ0n) is 9.66. The average molecular weight is 222 g/mol. The number of benzene rings is 1. The molecule has 88 valence electrons. The molecule has 1 rings (SSSR count). The molecule has 0 unspecified atom stereocenters. The number of hydrazine groups is 1. The van der Waals surface area contributed by atoms with Crippen molar-refractivity contribution in [3.05, 3.63) is 24.3 Å². The second kappa shape index (κ2) is 6.68. The molecule has 0 aliphatic heterocycles. The normalized spacial score (nSPS) is 11.1. The number of rotatable bonds is 4. The smallest absolute Gasteiger partial charge is 0.210 e. The maximum absolute atomic E-state index is 5.36. The minimum absolute atomic E-state index is 0.551. The Morgan fingerprint density at radius 3 is 2.94 bits per heavy atom. The summed E-state index contributed by atoms with van der Waals surface area (Å²) in [4.78, 5) is 4.24. The van der Waals surface area contributed by atoms with Gasteiger partial charge in [0.05, 0.1) is 7.11 Å². The van der Waals surface area contributed by atoms with Gasteiger partial charge in [0.25, 0.3) is 0 Å². The largest absolute Gasteiger partial charge is 0.497 e. The molecule has 0 atom stereocenters. The van der Waals surface area contributed by atoms with Crippen LogP contribution in [-0.2, 0) is 0 Å². The maximum Gasteiger partial charge on any atom is 0.210 e. The number of anilines is 1. The van der Waals surface area contributed by atoms with E-state index in [1.165, 1.54) is 0 Å². The first-order valence-electron chi connectivity index (χ1n) is 5.22. The maximum atomic E-state index is 5.36. The summed E-state index contributed by atoms with van der Waals surface area (Å²) >= 11 is 0. The molecule has 16 heavy (non-hydrogen) atoms. The zero-order valence-corrected chi connectivity index (χ0v) is 9.66. The van der Waals surface area contributed by atoms with Gasteiger partial charge in [-0.3, -0.25) is 10.4 Å². The summed E-state index contributed by atoms with van der Waals surface area (Å²) < 4.78 is 5.12. The highest BCUT2D eigenvalue weighted by Crippen LogP contribution is 2.16. The second-order valence-corrected chi connectivity index (χ2v) is 3.23. The molecule has 1 aromatic carbocycles. The van der Waals surface area contributed by atoms with E-state index in [1.807, 2.05) is 24.3 Å². The lowest BCUT2D eigenvalue weighted by Crippen LogP contribution is -2.36. The van der Waals surface area contributed by atoms with E-state index >= 15 is 0 Å². The van der Waals surface area contributed by atoms with Crippen LogP contribution in [0.4, 0.5) is 5.69 Å². The van der Waals surface area contributed by atoms with Gasteiger partial charge in [-0.2, -0.15) is 0 Å². The topological polar surface area (TPSA) is 71.7 Å². The summed E-state index contributed by atoms with van der Waals surface area (Å²) in [5.41, 5.74) is 3.40. The molecule has 5 heteroatoms. The molecule has 0 bridgehead atoms. The van der Waals surface area contributed by atoms with Crippen molar-refractivity contribution in [2.75, 3.05) is 19.0 Å². The lowest BCUT2D eigenvalue weighted by atomic mass is 10.3. The molecule has 5 nitrogen and oxygen atoms in total. The Labute approximate surface area is 95.7 Å². The number of ether oxygens (including phenoxy) is 1. The lowest BCUT2D eigenvalue weighted by molar-refractivity contribution is 0.415. The molecular formula is C11H18N4O. The third-order valence-electron chi connectivity index (χ3n) is 1.96. The molecule has 0 aliphatic rings. The Morgan fingerprint density at radius 2 is 2.31 bits per heavy atom. The Bertz CT molecular complexity index is 352. The predicted molar refractivity (Wildman–Crippen MR) is 66.5 cm³/mol. The molecule has 0 amide bonds. The van der Waals surface area contributed by atoms with Gasteiger partial charge in [0.1, 0.15) is 5.75 Å². The van der Waals surface area contributed by atoms with Gasteiger partial charge in [-0.1, -0.05) is 13.0 Å². The van der Waals surface area contributed by atoms with Gasteiger partial charge in [0, 0.05) is 18.3 Å². The molecule has 0 spiro atoms. The Kier molecular flexibility index (Phi) is 5.15. The number of nitrogens with one attached hydrogen (secondary N) is 2. The highest BCUT2D eigenvalue weighted by Gasteiger charge is 1.98. The van der Waals surface area contributed by atoms with E-state index in [0.717, 1.165) is 24.4 Å². The molecule has 0 heterocycles. The van der Waals surface area contributed by atoms with Gasteiger partial charge >= 0.3 is 0 Å². The highest BCUT2D eigenvalue weighted by molar-refractivity contribution is 5.93. The third-order valence-corrected chi connectivity index (χ3v) is 1.96. The molecule has 0 aliphatic carbocycles. The first kappa shape index (κ1) is 12.3. The minimum atomic E-state index is 0.551. The second-order valence-electron chi connectivity index (χ2n) is 3.23. The zero-order chi connectivity index (χ0) is 11.8. The number of hydrogen-bond donors (Lipinski definition) is 3. The molecule has 0 saturated heterocycles. The van der Waals surface area contributed by atoms with E-state index in [0.29, 0.717) is 5.96 Å². The van der Waals surface area contributed by atoms with Gasteiger partial charge in [0.15, 0.2) is 0 Å². The summed E-state index contributed by atoms with van der Waals surface area (Å²) in [6.45, 7) is 2.79. The Balaban J connectivity index is 2.69. The fourth-order valence-electron chi connectivity index (χ4n) is 1.18. The molecule has 0 aromatic heterocycles. The number of guanidine groups is 1. The van der Waals surface area contributed by atoms with Gasteiger partial charge < -0.3 is 10.1 Å². The minimum Gasteiger partial charge on any atom is -0.497 e. The summed E-state index contributed by atoms with van der Waals surface area (Å²) in [7, 11) is 1.63. The van der Waals surface area contributed by atoms with Crippen LogP contribution in [0.25, 0.3) is 0 Å². The fraction of sp³-hybridized carbons (Fsp3) is 0.364. The van der Waals surface area contributed by atoms with Crippen molar-refractivity contribution in [3.63, 3.8) is 0 Å². The van der Waals surface area contributed by atoms with Gasteiger partial charge in [-0.25, -0.2) is 5.84 Å². The van der Waals surface area contributed by atoms with Crippen molar-refractivity contribution in [2.24, 2.45) is 10.8 Å². The van der Waals surface area contributed by atoms with Crippen molar-refractivity contribution in [3.8, 4) is 5.75 Å². The lowest BCUT2D eigenvalue weighted by Gasteiger charge is -2.09. The summed E-state index contributed by atoms with van der Waals surface area (Å²) in [6.07, 6.45) is 0.977. The van der Waals surface area contributed by atoms with Crippen molar-refractivity contribution >= 4 is 11.6 Å². The van der Waals surface area contributed by atoms with Crippen LogP contribution in [0.3, 0.4) is 0 Å². The molecular weight excluding hydrogens is 204 g/mol. The summed E-state index contributed by atoms with van der Waals surface area (Å²) in [5, 5.41) is 3.07. The molecule has 0 radical (unpaired) electrons. The number of hydrogen-bond acceptors (Lipinski definition) is 3. The summed E-state index contributed by atoms with van der Waals surface area (Å²) in [5.74, 6) is 6.70. The van der Waals surface area contributed by atoms with Crippen molar-refractivity contribution in [1.29, 1.82) is 0 Å². The average Bonchev–Trinajstić information content (AvgIpc) is 2.34. The van der Waals surface area contributed by atoms with Crippen molar-refractivity contribution in [2.45, 2.75) is 13.3 Å². The standard InChI is InChI=1S/C11H18N4O/c1-3-7-13-11(15-12)14-9-5-4-6-10(8-9)16-2/h4-6,8H,3,7,12H2,1-2H3,(H2,13,14,15). The third kappa shape index (κ3) is 3.78. The van der Waals surface area contributed by atoms with Crippen molar-refractivity contribution < 1.29 is 4.74 Å². The quantitative estimate of drug-likeness (QED) is 0.311. The van der Waals surface area contributed by atoms with Crippen molar-refractivity contribution in [1.82, 2.24) is 5.43 Å². The number of aliphatic imine (C=N–C) groups is 1. The van der Waals surface area contributed by atoms with Gasteiger partial charge in [-0.15, -0.1) is 0 Å². The fourth-order valence-corrected chi connectivity index (χ4v) is 1.18. The van der Waals surface area contributed by atoms with E-state index in [1.54, 1.807) is 7.11 Å². The highest BCUT2D eigenvalue weighted by atomic mass is 16.5. The molecule has 0 saturated carbocycles. The van der Waals surface area contributed by atoms with Crippen LogP contribution in [0.5, 0.6) is 5.75 Å². The van der Waals surface area contributed by atoms with Crippen LogP contribution >= 0.6 is 0 Å². The monoisotopic (exact) mass is 222 g/mol. The number of methoxy groups -OCH3 is 1. The van der Waals surface area contributed by atoms with E-state index in [2.05, 4.69) is 22.7 Å². The number of nitrogens with zero attached hydrogens (tertiary/aromatic N) is 1. The van der Waals surface area contributed by atoms with Crippen LogP contribution in [0, 0.1) is 0 Å². The van der Waals surface area contributed by atoms with E-state index < -0.39 is 0 Å². The SMILES string of the molecule is CCCN=C(NN)Nc1cccc(OC)c1. The summed E-state index contributed by atoms with van der Waals surface area (Å²) in [6, 6.07) is 7.57. The molecule has 0 fully saturated rings. The van der Waals surface area contributed by atoms with Gasteiger partial charge in [0.2, 0.25) is 5.96 Å². The Hall–Kier alpha value is -1.75. The van der Waals surface area contributed by atoms with Crippen LogP contribution in [0.2, 0.25) is 0 Å². The Morgan fingerprint density at radius 1 is 1.50 bits per heavy atom. The van der Waals surface area contributed by atoms with Gasteiger partial charge in [-0.05, 0) is 18.6 Å². The molecule has 4 N–H and O–H groups in total. The van der Waals surface area contributed by atoms with Crippen LogP contribution in [-0.4, -0.2) is 19.6 Å². The first-order chi connectivity index (χ1) is 7.80. The van der Waals surface area contributed by atoms with Crippen LogP contribution < -0.4 is 21.3 Å². The number of nitrogens with two attached hydrogens (primary N) is 1. The van der Waals surface area contributed by atoms with E-state index in [-0.39, 0.29) is 0 Å². The van der Waals surface area contributed by atoms with Crippen LogP contribution in [0.1, 0.15) is 13.3 Å².